The van der Waals surface area contributed by atoms with Crippen LogP contribution in [0.15, 0.2) is 30.6 Å². The number of amides is 1. The summed E-state index contributed by atoms with van der Waals surface area (Å²) in [4.78, 5) is 25.4. The maximum absolute atomic E-state index is 12.2. The fraction of sp³-hybridized carbons (Fsp3) is 0.421. The number of aryl methyl sites for hydroxylation is 2. The first-order valence-corrected chi connectivity index (χ1v) is 9.35. The number of ether oxygens (including phenoxy) is 1. The SMILES string of the molecule is CCOC(=O)c1c(NC(=O)CCCC[n+]2ccccc2)sc(C)c1C. The zero-order valence-electron chi connectivity index (χ0n) is 15.0. The molecule has 0 fully saturated rings. The van der Waals surface area contributed by atoms with Crippen molar-refractivity contribution >= 4 is 28.2 Å². The number of hydrogen-bond donors (Lipinski definition) is 1. The van der Waals surface area contributed by atoms with Crippen LogP contribution in [0.3, 0.4) is 0 Å². The molecule has 0 radical (unpaired) electrons. The van der Waals surface area contributed by atoms with Crippen LogP contribution in [0.2, 0.25) is 0 Å². The third kappa shape index (κ3) is 5.39. The summed E-state index contributed by atoms with van der Waals surface area (Å²) < 4.78 is 7.21. The Hall–Kier alpha value is -2.21. The van der Waals surface area contributed by atoms with Crippen LogP contribution in [0.25, 0.3) is 0 Å². The van der Waals surface area contributed by atoms with E-state index in [2.05, 4.69) is 9.88 Å². The van der Waals surface area contributed by atoms with Gasteiger partial charge in [-0.1, -0.05) is 6.07 Å². The maximum Gasteiger partial charge on any atom is 0.341 e. The largest absolute Gasteiger partial charge is 0.462 e. The van der Waals surface area contributed by atoms with Gasteiger partial charge in [0.05, 0.1) is 12.2 Å². The molecule has 0 saturated heterocycles. The molecule has 25 heavy (non-hydrogen) atoms. The molecule has 6 heteroatoms. The highest BCUT2D eigenvalue weighted by Crippen LogP contribution is 2.33. The number of carbonyl (C=O) groups is 2. The molecule has 2 aromatic rings. The van der Waals surface area contributed by atoms with Crippen molar-refractivity contribution < 1.29 is 18.9 Å². The van der Waals surface area contributed by atoms with E-state index in [0.29, 0.717) is 23.6 Å². The molecular formula is C19H25N2O3S+. The Bertz CT molecular complexity index is 726. The molecule has 0 aliphatic rings. The zero-order chi connectivity index (χ0) is 18.2. The molecule has 0 aliphatic carbocycles. The zero-order valence-corrected chi connectivity index (χ0v) is 15.8. The number of esters is 1. The Kier molecular flexibility index (Phi) is 7.13. The first-order valence-electron chi connectivity index (χ1n) is 8.54. The van der Waals surface area contributed by atoms with Gasteiger partial charge in [-0.2, -0.15) is 0 Å². The third-order valence-corrected chi connectivity index (χ3v) is 5.09. The van der Waals surface area contributed by atoms with Gasteiger partial charge < -0.3 is 10.1 Å². The molecule has 0 unspecified atom stereocenters. The molecule has 0 saturated carbocycles. The van der Waals surface area contributed by atoms with Gasteiger partial charge in [0.1, 0.15) is 11.5 Å². The second-order valence-electron chi connectivity index (χ2n) is 5.83. The molecule has 0 bridgehead atoms. The monoisotopic (exact) mass is 361 g/mol. The van der Waals surface area contributed by atoms with Crippen LogP contribution in [0, 0.1) is 13.8 Å². The van der Waals surface area contributed by atoms with E-state index in [4.69, 9.17) is 4.74 Å². The minimum atomic E-state index is -0.375. The Morgan fingerprint density at radius 1 is 1.16 bits per heavy atom. The summed E-state index contributed by atoms with van der Waals surface area (Å²) in [5, 5.41) is 3.48. The molecule has 5 nitrogen and oxygen atoms in total. The Labute approximate surface area is 152 Å². The van der Waals surface area contributed by atoms with Crippen LogP contribution in [-0.4, -0.2) is 18.5 Å². The second-order valence-corrected chi connectivity index (χ2v) is 7.05. The smallest absolute Gasteiger partial charge is 0.341 e. The van der Waals surface area contributed by atoms with Gasteiger partial charge in [0.2, 0.25) is 5.91 Å². The number of hydrogen-bond acceptors (Lipinski definition) is 4. The van der Waals surface area contributed by atoms with Crippen molar-refractivity contribution in [2.75, 3.05) is 11.9 Å². The summed E-state index contributed by atoms with van der Waals surface area (Å²) in [6.45, 7) is 6.80. The summed E-state index contributed by atoms with van der Waals surface area (Å²) >= 11 is 1.42. The number of nitrogens with one attached hydrogen (secondary N) is 1. The van der Waals surface area contributed by atoms with Crippen molar-refractivity contribution in [3.05, 3.63) is 46.6 Å². The standard InChI is InChI=1S/C19H24N2O3S/c1-4-24-19(23)17-14(2)15(3)25-18(17)20-16(22)10-6-9-13-21-11-7-5-8-12-21/h5,7-8,11-12H,4,6,9-10,13H2,1-3H3/p+1. The molecule has 0 atom stereocenters. The second kappa shape index (κ2) is 9.32. The quantitative estimate of drug-likeness (QED) is 0.444. The molecule has 0 aromatic carbocycles. The van der Waals surface area contributed by atoms with Crippen LogP contribution in [0.5, 0.6) is 0 Å². The molecule has 134 valence electrons. The molecule has 2 aromatic heterocycles. The van der Waals surface area contributed by atoms with Gasteiger partial charge in [-0.3, -0.25) is 4.79 Å². The van der Waals surface area contributed by atoms with Crippen LogP contribution in [-0.2, 0) is 16.1 Å². The lowest BCUT2D eigenvalue weighted by atomic mass is 10.1. The third-order valence-electron chi connectivity index (χ3n) is 3.97. The van der Waals surface area contributed by atoms with Gasteiger partial charge in [-0.15, -0.1) is 11.3 Å². The molecule has 0 aliphatic heterocycles. The van der Waals surface area contributed by atoms with Gasteiger partial charge in [0.15, 0.2) is 12.4 Å². The van der Waals surface area contributed by atoms with E-state index < -0.39 is 0 Å². The topological polar surface area (TPSA) is 59.3 Å². The lowest BCUT2D eigenvalue weighted by Crippen LogP contribution is -2.32. The number of thiophene rings is 1. The van der Waals surface area contributed by atoms with E-state index in [9.17, 15) is 9.59 Å². The average Bonchev–Trinajstić information content (AvgIpc) is 2.87. The molecule has 2 heterocycles. The van der Waals surface area contributed by atoms with Crippen molar-refractivity contribution in [3.8, 4) is 0 Å². The summed E-state index contributed by atoms with van der Waals surface area (Å²) in [5.41, 5.74) is 1.36. The highest BCUT2D eigenvalue weighted by atomic mass is 32.1. The van der Waals surface area contributed by atoms with Crippen molar-refractivity contribution in [1.82, 2.24) is 0 Å². The van der Waals surface area contributed by atoms with E-state index in [1.165, 1.54) is 11.3 Å². The number of nitrogens with zero attached hydrogens (tertiary/aromatic N) is 1. The number of unbranched alkanes of at least 4 members (excludes halogenated alkanes) is 1. The van der Waals surface area contributed by atoms with Crippen LogP contribution < -0.4 is 9.88 Å². The van der Waals surface area contributed by atoms with Crippen LogP contribution >= 0.6 is 11.3 Å². The summed E-state index contributed by atoms with van der Waals surface area (Å²) in [7, 11) is 0. The van der Waals surface area contributed by atoms with Crippen molar-refractivity contribution in [1.29, 1.82) is 0 Å². The van der Waals surface area contributed by atoms with E-state index in [-0.39, 0.29) is 11.9 Å². The fourth-order valence-corrected chi connectivity index (χ4v) is 3.58. The van der Waals surface area contributed by atoms with Crippen LogP contribution in [0.1, 0.15) is 47.0 Å². The molecule has 2 rings (SSSR count). The minimum Gasteiger partial charge on any atom is -0.462 e. The highest BCUT2D eigenvalue weighted by molar-refractivity contribution is 7.16. The average molecular weight is 361 g/mol. The van der Waals surface area contributed by atoms with E-state index in [1.807, 2.05) is 44.4 Å². The van der Waals surface area contributed by atoms with Crippen LogP contribution in [0.4, 0.5) is 5.00 Å². The van der Waals surface area contributed by atoms with E-state index in [0.717, 1.165) is 29.8 Å². The number of rotatable bonds is 8. The number of aromatic nitrogens is 1. The maximum atomic E-state index is 12.2. The summed E-state index contributed by atoms with van der Waals surface area (Å²) in [5.74, 6) is -0.440. The lowest BCUT2D eigenvalue weighted by Gasteiger charge is -2.07. The van der Waals surface area contributed by atoms with Gasteiger partial charge >= 0.3 is 5.97 Å². The van der Waals surface area contributed by atoms with Gasteiger partial charge in [0.25, 0.3) is 0 Å². The predicted molar refractivity (Wildman–Crippen MR) is 98.9 cm³/mol. The fourth-order valence-electron chi connectivity index (χ4n) is 2.52. The molecular weight excluding hydrogens is 336 g/mol. The Balaban J connectivity index is 1.88. The minimum absolute atomic E-state index is 0.0649. The van der Waals surface area contributed by atoms with Gasteiger partial charge in [-0.05, 0) is 32.8 Å². The summed E-state index contributed by atoms with van der Waals surface area (Å²) in [6, 6.07) is 5.96. The van der Waals surface area contributed by atoms with Gasteiger partial charge in [-0.25, -0.2) is 9.36 Å². The highest BCUT2D eigenvalue weighted by Gasteiger charge is 2.21. The first kappa shape index (κ1) is 19.1. The summed E-state index contributed by atoms with van der Waals surface area (Å²) in [6.07, 6.45) is 6.19. The van der Waals surface area contributed by atoms with Gasteiger partial charge in [0, 0.05) is 29.9 Å². The van der Waals surface area contributed by atoms with Crippen molar-refractivity contribution in [2.45, 2.75) is 46.6 Å². The van der Waals surface area contributed by atoms with E-state index in [1.54, 1.807) is 6.92 Å². The number of carbonyl (C=O) groups excluding carboxylic acids is 2. The number of anilines is 1. The molecule has 1 N–H and O–H groups in total. The first-order chi connectivity index (χ1) is 12.0. The van der Waals surface area contributed by atoms with Crippen molar-refractivity contribution in [3.63, 3.8) is 0 Å². The molecule has 0 spiro atoms. The molecule has 1 amide bonds. The lowest BCUT2D eigenvalue weighted by molar-refractivity contribution is -0.697. The predicted octanol–water partition coefficient (Wildman–Crippen LogP) is 3.64. The van der Waals surface area contributed by atoms with Crippen molar-refractivity contribution in [2.24, 2.45) is 0 Å². The number of pyridine rings is 1. The Morgan fingerprint density at radius 2 is 1.88 bits per heavy atom. The van der Waals surface area contributed by atoms with E-state index >= 15 is 0 Å². The Morgan fingerprint density at radius 3 is 2.56 bits per heavy atom. The normalized spacial score (nSPS) is 10.5.